The van der Waals surface area contributed by atoms with Crippen LogP contribution in [-0.4, -0.2) is 66.7 Å². The van der Waals surface area contributed by atoms with Gasteiger partial charge in [0, 0.05) is 43.9 Å². The Labute approximate surface area is 173 Å². The van der Waals surface area contributed by atoms with Crippen LogP contribution in [0.25, 0.3) is 0 Å². The summed E-state index contributed by atoms with van der Waals surface area (Å²) in [7, 11) is 2.13. The molecule has 1 saturated heterocycles. The number of rotatable bonds is 6. The zero-order chi connectivity index (χ0) is 20.2. The fraction of sp³-hybridized carbons (Fsp3) is 0.458. The number of fused-ring (bicyclic) bond motifs is 1. The minimum atomic E-state index is -0.591. The van der Waals surface area contributed by atoms with E-state index >= 15 is 0 Å². The van der Waals surface area contributed by atoms with Crippen molar-refractivity contribution < 1.29 is 9.90 Å². The zero-order valence-corrected chi connectivity index (χ0v) is 17.0. The summed E-state index contributed by atoms with van der Waals surface area (Å²) in [5.41, 5.74) is 4.37. The van der Waals surface area contributed by atoms with Gasteiger partial charge in [-0.25, -0.2) is 0 Å². The van der Waals surface area contributed by atoms with Gasteiger partial charge in [0.2, 0.25) is 0 Å². The van der Waals surface area contributed by atoms with Crippen LogP contribution in [0.2, 0.25) is 0 Å². The number of carbonyl (C=O) groups is 1. The third-order valence-electron chi connectivity index (χ3n) is 6.03. The molecular weight excluding hydrogens is 362 g/mol. The van der Waals surface area contributed by atoms with Crippen LogP contribution in [0.4, 0.5) is 0 Å². The number of nitrogens with one attached hydrogen (secondary N) is 1. The molecule has 0 saturated carbocycles. The average Bonchev–Trinajstić information content (AvgIpc) is 3.18. The fourth-order valence-electron chi connectivity index (χ4n) is 4.38. The van der Waals surface area contributed by atoms with Crippen LogP contribution >= 0.6 is 0 Å². The van der Waals surface area contributed by atoms with Gasteiger partial charge in [-0.3, -0.25) is 9.69 Å². The van der Waals surface area contributed by atoms with E-state index in [4.69, 9.17) is 0 Å². The lowest BCUT2D eigenvalue weighted by Crippen LogP contribution is -2.42. The molecule has 0 spiro atoms. The molecule has 4 rings (SSSR count). The Morgan fingerprint density at radius 1 is 1.34 bits per heavy atom. The van der Waals surface area contributed by atoms with Crippen molar-refractivity contribution in [2.24, 2.45) is 0 Å². The number of benzene rings is 1. The summed E-state index contributed by atoms with van der Waals surface area (Å²) in [5.74, 6) is 0.376. The van der Waals surface area contributed by atoms with E-state index < -0.39 is 6.10 Å². The molecule has 5 nitrogen and oxygen atoms in total. The first-order valence-electron chi connectivity index (χ1n) is 10.5. The van der Waals surface area contributed by atoms with E-state index in [1.165, 1.54) is 16.7 Å². The highest BCUT2D eigenvalue weighted by molar-refractivity contribution is 5.94. The highest BCUT2D eigenvalue weighted by atomic mass is 16.3. The first-order valence-corrected chi connectivity index (χ1v) is 10.5. The second-order valence-corrected chi connectivity index (χ2v) is 8.33. The normalized spacial score (nSPS) is 20.7. The van der Waals surface area contributed by atoms with Crippen LogP contribution in [0.3, 0.4) is 0 Å². The van der Waals surface area contributed by atoms with E-state index in [9.17, 15) is 9.90 Å². The van der Waals surface area contributed by atoms with Gasteiger partial charge >= 0.3 is 0 Å². The Hall–Kier alpha value is -2.39. The predicted octanol–water partition coefficient (Wildman–Crippen LogP) is 1.86. The number of β-amino-alcohol motifs (C(OH)–C–C–N with tert-alkyl or cyclic N) is 1. The third kappa shape index (κ3) is 4.97. The maximum atomic E-state index is 12.6. The molecule has 1 amide bonds. The number of nitrogens with zero attached hydrogens (tertiary/aromatic N) is 2. The van der Waals surface area contributed by atoms with Gasteiger partial charge in [0.15, 0.2) is 0 Å². The molecule has 2 aromatic rings. The van der Waals surface area contributed by atoms with Crippen molar-refractivity contribution in [3.05, 3.63) is 70.8 Å². The molecule has 0 bridgehead atoms. The number of hydrogen-bond donors (Lipinski definition) is 2. The van der Waals surface area contributed by atoms with Crippen molar-refractivity contribution in [3.8, 4) is 0 Å². The standard InChI is InChI=1S/C24H29N3O2/c1-26-11-9-22(15-26)19-7-4-8-20(13-19)24(29)25-14-23(28)17-27-12-10-18-5-2-3-6-21(18)16-27/h3-4,6-8,13,22-23,28H,9-12,14-17H2,1H3,(H,25,29). The maximum Gasteiger partial charge on any atom is 0.251 e. The molecule has 1 fully saturated rings. The lowest BCUT2D eigenvalue weighted by Gasteiger charge is -2.29. The van der Waals surface area contributed by atoms with Crippen LogP contribution in [0.15, 0.2) is 36.4 Å². The second-order valence-electron chi connectivity index (χ2n) is 8.33. The summed E-state index contributed by atoms with van der Waals surface area (Å²) >= 11 is 0. The van der Waals surface area contributed by atoms with Crippen LogP contribution in [-0.2, 0) is 13.0 Å². The Bertz CT molecular complexity index is 854. The van der Waals surface area contributed by atoms with Gasteiger partial charge in [-0.15, -0.1) is 0 Å². The van der Waals surface area contributed by atoms with Crippen LogP contribution < -0.4 is 5.32 Å². The maximum absolute atomic E-state index is 12.6. The fourth-order valence-corrected chi connectivity index (χ4v) is 4.38. The van der Waals surface area contributed by atoms with Crippen LogP contribution in [0, 0.1) is 12.1 Å². The number of aliphatic hydroxyl groups is 1. The number of aliphatic hydroxyl groups excluding tert-OH is 1. The quantitative estimate of drug-likeness (QED) is 0.789. The first kappa shape index (κ1) is 19.9. The largest absolute Gasteiger partial charge is 0.390 e. The molecule has 0 aromatic heterocycles. The Morgan fingerprint density at radius 2 is 2.24 bits per heavy atom. The minimum absolute atomic E-state index is 0.119. The van der Waals surface area contributed by atoms with E-state index in [1.54, 1.807) is 0 Å². The van der Waals surface area contributed by atoms with Crippen molar-refractivity contribution in [3.63, 3.8) is 0 Å². The molecule has 0 radical (unpaired) electrons. The van der Waals surface area contributed by atoms with E-state index in [0.29, 0.717) is 18.0 Å². The first-order chi connectivity index (χ1) is 14.1. The summed E-state index contributed by atoms with van der Waals surface area (Å²) in [6.07, 6.45) is 1.47. The second kappa shape index (κ2) is 8.96. The van der Waals surface area contributed by atoms with Gasteiger partial charge in [0.25, 0.3) is 5.91 Å². The van der Waals surface area contributed by atoms with E-state index in [1.807, 2.05) is 24.3 Å². The summed E-state index contributed by atoms with van der Waals surface area (Å²) in [6, 6.07) is 18.0. The summed E-state index contributed by atoms with van der Waals surface area (Å²) in [5, 5.41) is 13.3. The lowest BCUT2D eigenvalue weighted by molar-refractivity contribution is 0.0842. The molecule has 2 aliphatic heterocycles. The minimum Gasteiger partial charge on any atom is -0.390 e. The van der Waals surface area contributed by atoms with Crippen LogP contribution in [0.5, 0.6) is 0 Å². The molecule has 29 heavy (non-hydrogen) atoms. The Morgan fingerprint density at radius 3 is 3.07 bits per heavy atom. The van der Waals surface area contributed by atoms with Gasteiger partial charge in [0.05, 0.1) is 6.10 Å². The van der Waals surface area contributed by atoms with Crippen molar-refractivity contribution in [2.75, 3.05) is 39.8 Å². The van der Waals surface area contributed by atoms with Gasteiger partial charge < -0.3 is 15.3 Å². The van der Waals surface area contributed by atoms with Crippen molar-refractivity contribution >= 4 is 5.91 Å². The molecule has 2 atom stereocenters. The monoisotopic (exact) mass is 391 g/mol. The average molecular weight is 392 g/mol. The molecule has 152 valence electrons. The number of likely N-dealkylation sites (tertiary alicyclic amines) is 1. The van der Waals surface area contributed by atoms with Crippen molar-refractivity contribution in [2.45, 2.75) is 31.4 Å². The van der Waals surface area contributed by atoms with Gasteiger partial charge in [-0.05, 0) is 67.7 Å². The van der Waals surface area contributed by atoms with E-state index in [2.05, 4.69) is 46.4 Å². The number of likely N-dealkylation sites (N-methyl/N-ethyl adjacent to an activating group) is 1. The van der Waals surface area contributed by atoms with Crippen molar-refractivity contribution in [1.29, 1.82) is 0 Å². The number of amides is 1. The number of carbonyl (C=O) groups excluding carboxylic acids is 1. The SMILES string of the molecule is CN1CCC(c2cccc(C(=O)NCC(O)CN3CCc4c#cccc4C3)c2)C1. The van der Waals surface area contributed by atoms with Gasteiger partial charge in [0.1, 0.15) is 0 Å². The molecule has 2 aliphatic rings. The molecular formula is C24H29N3O2. The van der Waals surface area contributed by atoms with Gasteiger partial charge in [-0.2, -0.15) is 0 Å². The summed E-state index contributed by atoms with van der Waals surface area (Å²) in [6.45, 7) is 4.65. The summed E-state index contributed by atoms with van der Waals surface area (Å²) < 4.78 is 0. The highest BCUT2D eigenvalue weighted by Crippen LogP contribution is 2.26. The molecule has 0 aliphatic carbocycles. The third-order valence-corrected chi connectivity index (χ3v) is 6.03. The van der Waals surface area contributed by atoms with Crippen LogP contribution in [0.1, 0.15) is 39.4 Å². The Balaban J connectivity index is 1.27. The highest BCUT2D eigenvalue weighted by Gasteiger charge is 2.22. The molecule has 2 heterocycles. The van der Waals surface area contributed by atoms with Gasteiger partial charge in [-0.1, -0.05) is 24.3 Å². The number of hydrogen-bond acceptors (Lipinski definition) is 4. The Kier molecular flexibility index (Phi) is 6.15. The topological polar surface area (TPSA) is 55.8 Å². The molecule has 5 heteroatoms. The zero-order valence-electron chi connectivity index (χ0n) is 17.0. The smallest absolute Gasteiger partial charge is 0.251 e. The molecule has 2 N–H and O–H groups in total. The molecule has 2 aromatic carbocycles. The molecule has 2 unspecified atom stereocenters. The van der Waals surface area contributed by atoms with E-state index in [-0.39, 0.29) is 12.5 Å². The van der Waals surface area contributed by atoms with Crippen molar-refractivity contribution in [1.82, 2.24) is 15.1 Å². The van der Waals surface area contributed by atoms with E-state index in [0.717, 1.165) is 39.0 Å². The predicted molar refractivity (Wildman–Crippen MR) is 113 cm³/mol. The summed E-state index contributed by atoms with van der Waals surface area (Å²) in [4.78, 5) is 17.1. The lowest BCUT2D eigenvalue weighted by atomic mass is 9.96.